The number of amides is 2. The molecule has 15 heavy (non-hydrogen) atoms. The van der Waals surface area contributed by atoms with Gasteiger partial charge in [-0.25, -0.2) is 5.43 Å². The molecule has 1 rings (SSSR count). The second-order valence-corrected chi connectivity index (χ2v) is 3.55. The molecule has 5 nitrogen and oxygen atoms in total. The van der Waals surface area contributed by atoms with Crippen LogP contribution in [0.4, 0.5) is 0 Å². The molecular formula is C9H11N3O2S. The highest BCUT2D eigenvalue weighted by Crippen LogP contribution is 2.03. The average molecular weight is 225 g/mol. The van der Waals surface area contributed by atoms with Crippen LogP contribution in [0.3, 0.4) is 0 Å². The predicted molar refractivity (Wildman–Crippen MR) is 58.7 cm³/mol. The van der Waals surface area contributed by atoms with Crippen LogP contribution in [0.2, 0.25) is 0 Å². The third-order valence-electron chi connectivity index (χ3n) is 1.44. The molecule has 0 saturated carbocycles. The molecule has 0 aliphatic heterocycles. The lowest BCUT2D eigenvalue weighted by Crippen LogP contribution is -2.37. The molecule has 2 amide bonds. The number of nitrogens with zero attached hydrogens (tertiary/aromatic N) is 1. The highest BCUT2D eigenvalue weighted by Gasteiger charge is 2.09. The van der Waals surface area contributed by atoms with Gasteiger partial charge in [0.05, 0.1) is 6.21 Å². The van der Waals surface area contributed by atoms with Gasteiger partial charge in [-0.15, -0.1) is 11.3 Å². The smallest absolute Gasteiger partial charge is 0.329 e. The number of likely N-dealkylation sites (N-methyl/N-ethyl adjacent to an activating group) is 1. The van der Waals surface area contributed by atoms with E-state index in [1.54, 1.807) is 6.92 Å². The van der Waals surface area contributed by atoms with Crippen LogP contribution in [0.15, 0.2) is 22.6 Å². The fourth-order valence-corrected chi connectivity index (χ4v) is 1.40. The first-order valence-corrected chi connectivity index (χ1v) is 5.26. The van der Waals surface area contributed by atoms with E-state index in [1.807, 2.05) is 17.5 Å². The van der Waals surface area contributed by atoms with Gasteiger partial charge in [-0.1, -0.05) is 6.07 Å². The number of hydrazone groups is 1. The zero-order valence-corrected chi connectivity index (χ0v) is 9.00. The summed E-state index contributed by atoms with van der Waals surface area (Å²) in [5.74, 6) is -1.44. The summed E-state index contributed by atoms with van der Waals surface area (Å²) in [7, 11) is 0. The molecule has 1 heterocycles. The summed E-state index contributed by atoms with van der Waals surface area (Å²) in [4.78, 5) is 22.9. The average Bonchev–Trinajstić information content (AvgIpc) is 2.71. The maximum Gasteiger partial charge on any atom is 0.329 e. The van der Waals surface area contributed by atoms with Gasteiger partial charge in [-0.05, 0) is 18.4 Å². The van der Waals surface area contributed by atoms with Crippen molar-refractivity contribution in [3.8, 4) is 0 Å². The standard InChI is InChI=1S/C9H11N3O2S/c1-2-10-8(13)9(14)12-11-6-7-4-3-5-15-7/h3-6H,2H2,1H3,(H,10,13)(H,12,14)/b11-6-. The number of hydrogen-bond donors (Lipinski definition) is 2. The van der Waals surface area contributed by atoms with Crippen LogP contribution >= 0.6 is 11.3 Å². The minimum absolute atomic E-state index is 0.418. The molecule has 80 valence electrons. The van der Waals surface area contributed by atoms with Crippen LogP contribution in [0.1, 0.15) is 11.8 Å². The van der Waals surface area contributed by atoms with E-state index in [0.29, 0.717) is 6.54 Å². The van der Waals surface area contributed by atoms with Crippen molar-refractivity contribution < 1.29 is 9.59 Å². The van der Waals surface area contributed by atoms with Crippen LogP contribution in [0.25, 0.3) is 0 Å². The monoisotopic (exact) mass is 225 g/mol. The molecule has 1 aromatic rings. The zero-order valence-electron chi connectivity index (χ0n) is 8.19. The fourth-order valence-electron chi connectivity index (χ4n) is 0.811. The van der Waals surface area contributed by atoms with Gasteiger partial charge in [-0.3, -0.25) is 9.59 Å². The Morgan fingerprint density at radius 2 is 2.33 bits per heavy atom. The van der Waals surface area contributed by atoms with Crippen molar-refractivity contribution in [2.45, 2.75) is 6.92 Å². The van der Waals surface area contributed by atoms with Crippen molar-refractivity contribution in [2.75, 3.05) is 6.54 Å². The summed E-state index contributed by atoms with van der Waals surface area (Å²) in [6.45, 7) is 2.15. The molecule has 1 aromatic heterocycles. The summed E-state index contributed by atoms with van der Waals surface area (Å²) in [6, 6.07) is 3.73. The summed E-state index contributed by atoms with van der Waals surface area (Å²) < 4.78 is 0. The maximum atomic E-state index is 11.0. The molecule has 0 bridgehead atoms. The normalized spacial score (nSPS) is 10.2. The Kier molecular flexibility index (Phi) is 4.49. The topological polar surface area (TPSA) is 70.6 Å². The van der Waals surface area contributed by atoms with E-state index < -0.39 is 11.8 Å². The SMILES string of the molecule is CCNC(=O)C(=O)N/N=C\c1cccs1. The Morgan fingerprint density at radius 3 is 2.93 bits per heavy atom. The summed E-state index contributed by atoms with van der Waals surface area (Å²) >= 11 is 1.49. The van der Waals surface area contributed by atoms with Gasteiger partial charge in [0.25, 0.3) is 0 Å². The van der Waals surface area contributed by atoms with Crippen LogP contribution in [0, 0.1) is 0 Å². The Labute approximate surface area is 91.2 Å². The van der Waals surface area contributed by atoms with Crippen molar-refractivity contribution in [2.24, 2.45) is 5.10 Å². The number of carbonyl (C=O) groups excluding carboxylic acids is 2. The van der Waals surface area contributed by atoms with E-state index in [1.165, 1.54) is 17.6 Å². The first-order chi connectivity index (χ1) is 7.24. The van der Waals surface area contributed by atoms with Crippen molar-refractivity contribution in [1.82, 2.24) is 10.7 Å². The molecule has 0 fully saturated rings. The summed E-state index contributed by atoms with van der Waals surface area (Å²) in [5.41, 5.74) is 2.13. The molecule has 2 N–H and O–H groups in total. The van der Waals surface area contributed by atoms with Crippen molar-refractivity contribution in [1.29, 1.82) is 0 Å². The summed E-state index contributed by atoms with van der Waals surface area (Å²) in [5, 5.41) is 7.90. The Balaban J connectivity index is 2.37. The van der Waals surface area contributed by atoms with Crippen molar-refractivity contribution in [3.05, 3.63) is 22.4 Å². The van der Waals surface area contributed by atoms with Gasteiger partial charge in [0, 0.05) is 11.4 Å². The lowest BCUT2D eigenvalue weighted by atomic mass is 10.5. The quantitative estimate of drug-likeness (QED) is 0.442. The Bertz CT molecular complexity index is 359. The van der Waals surface area contributed by atoms with Gasteiger partial charge < -0.3 is 5.32 Å². The zero-order chi connectivity index (χ0) is 11.1. The van der Waals surface area contributed by atoms with E-state index in [4.69, 9.17) is 0 Å². The van der Waals surface area contributed by atoms with Crippen molar-refractivity contribution >= 4 is 29.4 Å². The summed E-state index contributed by atoms with van der Waals surface area (Å²) in [6.07, 6.45) is 1.49. The van der Waals surface area contributed by atoms with Gasteiger partial charge >= 0.3 is 11.8 Å². The third kappa shape index (κ3) is 3.90. The molecule has 6 heteroatoms. The molecule has 0 aliphatic rings. The van der Waals surface area contributed by atoms with Crippen LogP contribution in [0.5, 0.6) is 0 Å². The molecule has 0 unspecified atom stereocenters. The second kappa shape index (κ2) is 5.92. The number of hydrogen-bond acceptors (Lipinski definition) is 4. The largest absolute Gasteiger partial charge is 0.348 e. The highest BCUT2D eigenvalue weighted by molar-refractivity contribution is 7.11. The Morgan fingerprint density at radius 1 is 1.53 bits per heavy atom. The van der Waals surface area contributed by atoms with E-state index in [2.05, 4.69) is 15.8 Å². The van der Waals surface area contributed by atoms with Gasteiger partial charge in [0.2, 0.25) is 0 Å². The first kappa shape index (κ1) is 11.4. The molecule has 0 aliphatic carbocycles. The minimum Gasteiger partial charge on any atom is -0.348 e. The second-order valence-electron chi connectivity index (χ2n) is 2.57. The van der Waals surface area contributed by atoms with Gasteiger partial charge in [0.1, 0.15) is 0 Å². The van der Waals surface area contributed by atoms with E-state index in [9.17, 15) is 9.59 Å². The third-order valence-corrected chi connectivity index (χ3v) is 2.25. The highest BCUT2D eigenvalue weighted by atomic mass is 32.1. The molecule has 0 aromatic carbocycles. The predicted octanol–water partition coefficient (Wildman–Crippen LogP) is 0.334. The van der Waals surface area contributed by atoms with Crippen LogP contribution < -0.4 is 10.7 Å². The molecule has 0 radical (unpaired) electrons. The lowest BCUT2D eigenvalue weighted by molar-refractivity contribution is -0.139. The number of rotatable bonds is 3. The number of carbonyl (C=O) groups is 2. The van der Waals surface area contributed by atoms with Crippen molar-refractivity contribution in [3.63, 3.8) is 0 Å². The minimum atomic E-state index is -0.760. The number of thiophene rings is 1. The molecule has 0 atom stereocenters. The van der Waals surface area contributed by atoms with E-state index in [0.717, 1.165) is 4.88 Å². The number of nitrogens with one attached hydrogen (secondary N) is 2. The first-order valence-electron chi connectivity index (χ1n) is 4.38. The van der Waals surface area contributed by atoms with Gasteiger partial charge in [0.15, 0.2) is 0 Å². The maximum absolute atomic E-state index is 11.0. The van der Waals surface area contributed by atoms with E-state index in [-0.39, 0.29) is 0 Å². The molecular weight excluding hydrogens is 214 g/mol. The van der Waals surface area contributed by atoms with Crippen LogP contribution in [-0.2, 0) is 9.59 Å². The van der Waals surface area contributed by atoms with Gasteiger partial charge in [-0.2, -0.15) is 5.10 Å². The van der Waals surface area contributed by atoms with Crippen LogP contribution in [-0.4, -0.2) is 24.6 Å². The Hall–Kier alpha value is -1.69. The molecule has 0 spiro atoms. The van der Waals surface area contributed by atoms with E-state index >= 15 is 0 Å². The molecule has 0 saturated heterocycles. The fraction of sp³-hybridized carbons (Fsp3) is 0.222. The lowest BCUT2D eigenvalue weighted by Gasteiger charge is -1.98.